The van der Waals surface area contributed by atoms with Gasteiger partial charge in [-0.25, -0.2) is 8.78 Å². The largest absolute Gasteiger partial charge is 0.330 e. The lowest BCUT2D eigenvalue weighted by Gasteiger charge is -2.23. The molecule has 1 aromatic heterocycles. The molecule has 0 bridgehead atoms. The van der Waals surface area contributed by atoms with Crippen molar-refractivity contribution < 1.29 is 13.6 Å². The number of nitrogens with zero attached hydrogens (tertiary/aromatic N) is 2. The number of carbonyl (C=O) groups excluding carboxylic acids is 1. The van der Waals surface area contributed by atoms with Gasteiger partial charge in [-0.05, 0) is 18.9 Å². The molecule has 7 heteroatoms. The number of amides is 1. The van der Waals surface area contributed by atoms with Crippen molar-refractivity contribution in [3.8, 4) is 0 Å². The number of H-pyrrole nitrogens is 1. The molecule has 2 aliphatic rings. The van der Waals surface area contributed by atoms with Crippen molar-refractivity contribution in [3.63, 3.8) is 0 Å². The molecule has 1 fully saturated rings. The second-order valence-electron chi connectivity index (χ2n) is 6.36. The van der Waals surface area contributed by atoms with Gasteiger partial charge in [-0.3, -0.25) is 9.89 Å². The quantitative estimate of drug-likeness (QED) is 0.902. The maximum atomic E-state index is 14.0. The van der Waals surface area contributed by atoms with Gasteiger partial charge in [0.05, 0.1) is 0 Å². The molecule has 2 aromatic rings. The van der Waals surface area contributed by atoms with Gasteiger partial charge in [0, 0.05) is 55.0 Å². The van der Waals surface area contributed by atoms with E-state index >= 15 is 0 Å². The third kappa shape index (κ3) is 2.80. The number of hydrogen-bond acceptors (Lipinski definition) is 3. The van der Waals surface area contributed by atoms with Crippen LogP contribution in [0.5, 0.6) is 0 Å². The molecule has 1 aromatic carbocycles. The van der Waals surface area contributed by atoms with Gasteiger partial charge in [0.2, 0.25) is 0 Å². The maximum Gasteiger partial charge on any atom is 0.275 e. The Balaban J connectivity index is 1.61. The maximum absolute atomic E-state index is 14.0. The minimum Gasteiger partial charge on any atom is -0.330 e. The molecule has 1 aliphatic heterocycles. The smallest absolute Gasteiger partial charge is 0.275 e. The average Bonchev–Trinajstić information content (AvgIpc) is 3.32. The van der Waals surface area contributed by atoms with Crippen LogP contribution in [0.2, 0.25) is 0 Å². The average molecular weight is 332 g/mol. The highest BCUT2D eigenvalue weighted by atomic mass is 19.1. The molecule has 1 saturated carbocycles. The van der Waals surface area contributed by atoms with Crippen LogP contribution in [0.25, 0.3) is 0 Å². The minimum absolute atomic E-state index is 0.103. The molecule has 1 amide bonds. The molecule has 2 N–H and O–H groups in total. The second-order valence-corrected chi connectivity index (χ2v) is 6.36. The number of aromatic nitrogens is 2. The summed E-state index contributed by atoms with van der Waals surface area (Å²) in [5.41, 5.74) is 2.61. The first-order valence-electron chi connectivity index (χ1n) is 8.15. The lowest BCUT2D eigenvalue weighted by molar-refractivity contribution is 0.0721. The van der Waals surface area contributed by atoms with E-state index in [-0.39, 0.29) is 18.5 Å². The van der Waals surface area contributed by atoms with Crippen molar-refractivity contribution in [2.75, 3.05) is 6.54 Å². The van der Waals surface area contributed by atoms with Crippen molar-refractivity contribution in [1.82, 2.24) is 20.4 Å². The highest BCUT2D eigenvalue weighted by molar-refractivity contribution is 5.94. The summed E-state index contributed by atoms with van der Waals surface area (Å²) in [5, 5.41) is 10.4. The van der Waals surface area contributed by atoms with Crippen molar-refractivity contribution in [2.24, 2.45) is 0 Å². The predicted octanol–water partition coefficient (Wildman–Crippen LogP) is 2.14. The number of rotatable bonds is 4. The van der Waals surface area contributed by atoms with Crippen molar-refractivity contribution in [3.05, 3.63) is 52.3 Å². The molecular formula is C17H18F2N4O. The Morgan fingerprint density at radius 1 is 1.33 bits per heavy atom. The number of fused-ring (bicyclic) bond motifs is 1. The number of halogens is 2. The fraction of sp³-hybridized carbons (Fsp3) is 0.412. The summed E-state index contributed by atoms with van der Waals surface area (Å²) in [7, 11) is 0. The molecule has 0 atom stereocenters. The Bertz CT molecular complexity index is 785. The van der Waals surface area contributed by atoms with Gasteiger partial charge < -0.3 is 10.2 Å². The number of carbonyl (C=O) groups is 1. The Labute approximate surface area is 138 Å². The van der Waals surface area contributed by atoms with E-state index in [2.05, 4.69) is 15.5 Å². The summed E-state index contributed by atoms with van der Waals surface area (Å²) in [4.78, 5) is 14.6. The van der Waals surface area contributed by atoms with Gasteiger partial charge in [-0.15, -0.1) is 0 Å². The zero-order valence-corrected chi connectivity index (χ0v) is 13.1. The van der Waals surface area contributed by atoms with Gasteiger partial charge in [-0.2, -0.15) is 5.10 Å². The van der Waals surface area contributed by atoms with Crippen LogP contribution >= 0.6 is 0 Å². The number of hydrogen-bond donors (Lipinski definition) is 2. The molecule has 5 nitrogen and oxygen atoms in total. The highest BCUT2D eigenvalue weighted by Gasteiger charge is 2.36. The molecule has 24 heavy (non-hydrogen) atoms. The van der Waals surface area contributed by atoms with Gasteiger partial charge in [0.1, 0.15) is 11.6 Å². The molecule has 0 spiro atoms. The van der Waals surface area contributed by atoms with E-state index in [9.17, 15) is 13.6 Å². The lowest BCUT2D eigenvalue weighted by Crippen LogP contribution is -2.34. The van der Waals surface area contributed by atoms with Crippen LogP contribution < -0.4 is 5.32 Å². The fourth-order valence-corrected chi connectivity index (χ4v) is 3.12. The van der Waals surface area contributed by atoms with E-state index < -0.39 is 11.6 Å². The first kappa shape index (κ1) is 15.3. The second kappa shape index (κ2) is 5.98. The van der Waals surface area contributed by atoms with Gasteiger partial charge in [0.25, 0.3) is 5.91 Å². The summed E-state index contributed by atoms with van der Waals surface area (Å²) >= 11 is 0. The van der Waals surface area contributed by atoms with Crippen molar-refractivity contribution in [2.45, 2.75) is 38.4 Å². The molecule has 0 radical (unpaired) electrons. The van der Waals surface area contributed by atoms with Crippen LogP contribution in [-0.2, 0) is 19.5 Å². The van der Waals surface area contributed by atoms with E-state index in [1.165, 1.54) is 12.1 Å². The first-order valence-corrected chi connectivity index (χ1v) is 8.15. The number of aromatic amines is 1. The van der Waals surface area contributed by atoms with Gasteiger partial charge >= 0.3 is 0 Å². The minimum atomic E-state index is -0.626. The molecule has 1 aliphatic carbocycles. The van der Waals surface area contributed by atoms with Crippen LogP contribution in [-0.4, -0.2) is 33.6 Å². The van der Waals surface area contributed by atoms with Crippen LogP contribution in [0.3, 0.4) is 0 Å². The zero-order chi connectivity index (χ0) is 16.7. The van der Waals surface area contributed by atoms with E-state index in [4.69, 9.17) is 0 Å². The molecular weight excluding hydrogens is 314 g/mol. The normalized spacial score (nSPS) is 16.8. The number of benzene rings is 1. The Kier molecular flexibility index (Phi) is 3.80. The van der Waals surface area contributed by atoms with Crippen LogP contribution in [0.4, 0.5) is 8.78 Å². The molecule has 2 heterocycles. The van der Waals surface area contributed by atoms with Crippen LogP contribution in [0.1, 0.15) is 40.2 Å². The monoisotopic (exact) mass is 332 g/mol. The fourth-order valence-electron chi connectivity index (χ4n) is 3.12. The molecule has 126 valence electrons. The zero-order valence-electron chi connectivity index (χ0n) is 13.1. The Hall–Kier alpha value is -2.28. The standard InChI is InChI=1S/C17H18F2N4O/c18-11-2-1-10(14(19)7-11)9-23(12-3-4-12)17(24)16-13-8-20-6-5-15(13)21-22-16/h1-2,7,12,20H,3-6,8-9H2,(H,21,22). The third-order valence-electron chi connectivity index (χ3n) is 4.61. The summed E-state index contributed by atoms with van der Waals surface area (Å²) in [6.45, 7) is 1.59. The predicted molar refractivity (Wildman–Crippen MR) is 83.3 cm³/mol. The Morgan fingerprint density at radius 2 is 2.17 bits per heavy atom. The molecule has 0 saturated heterocycles. The van der Waals surface area contributed by atoms with E-state index in [0.29, 0.717) is 17.8 Å². The topological polar surface area (TPSA) is 61.0 Å². The molecule has 0 unspecified atom stereocenters. The SMILES string of the molecule is O=C(c1n[nH]c2c1CNCC2)N(Cc1ccc(F)cc1F)C1CC1. The highest BCUT2D eigenvalue weighted by Crippen LogP contribution is 2.31. The van der Waals surface area contributed by atoms with E-state index in [0.717, 1.165) is 43.1 Å². The van der Waals surface area contributed by atoms with Gasteiger partial charge in [-0.1, -0.05) is 6.07 Å². The Morgan fingerprint density at radius 3 is 2.92 bits per heavy atom. The molecule has 4 rings (SSSR count). The first-order chi connectivity index (χ1) is 11.6. The summed E-state index contributed by atoms with van der Waals surface area (Å²) in [6, 6.07) is 3.57. The van der Waals surface area contributed by atoms with Crippen molar-refractivity contribution in [1.29, 1.82) is 0 Å². The summed E-state index contributed by atoms with van der Waals surface area (Å²) < 4.78 is 27.0. The summed E-state index contributed by atoms with van der Waals surface area (Å²) in [5.74, 6) is -1.44. The van der Waals surface area contributed by atoms with Crippen LogP contribution in [0.15, 0.2) is 18.2 Å². The lowest BCUT2D eigenvalue weighted by atomic mass is 10.1. The van der Waals surface area contributed by atoms with Gasteiger partial charge in [0.15, 0.2) is 5.69 Å². The van der Waals surface area contributed by atoms with Crippen LogP contribution in [0, 0.1) is 11.6 Å². The van der Waals surface area contributed by atoms with Crippen molar-refractivity contribution >= 4 is 5.91 Å². The van der Waals surface area contributed by atoms with E-state index in [1.54, 1.807) is 4.90 Å². The number of nitrogens with one attached hydrogen (secondary N) is 2. The van der Waals surface area contributed by atoms with E-state index in [1.807, 2.05) is 0 Å². The third-order valence-corrected chi connectivity index (χ3v) is 4.61. The summed E-state index contributed by atoms with van der Waals surface area (Å²) in [6.07, 6.45) is 2.62.